The van der Waals surface area contributed by atoms with Crippen molar-refractivity contribution in [3.05, 3.63) is 51.3 Å². The van der Waals surface area contributed by atoms with Crippen LogP contribution < -0.4 is 28.7 Å². The maximum Gasteiger partial charge on any atom is 0.187 e. The van der Waals surface area contributed by atoms with Crippen LogP contribution in [0.4, 0.5) is 14.4 Å². The maximum absolute atomic E-state index is 9.53. The van der Waals surface area contributed by atoms with Crippen molar-refractivity contribution in [2.75, 3.05) is 0 Å². The summed E-state index contributed by atoms with van der Waals surface area (Å²) in [5.41, 5.74) is 38.2. The summed E-state index contributed by atoms with van der Waals surface area (Å²) < 4.78 is 0. The van der Waals surface area contributed by atoms with Crippen molar-refractivity contribution in [2.24, 2.45) is 28.7 Å². The van der Waals surface area contributed by atoms with Gasteiger partial charge in [0.2, 0.25) is 0 Å². The van der Waals surface area contributed by atoms with E-state index in [1.54, 1.807) is 0 Å². The van der Waals surface area contributed by atoms with Gasteiger partial charge in [-0.3, -0.25) is 25.5 Å². The molecule has 0 heterocycles. The Morgan fingerprint density at radius 1 is 0.719 bits per heavy atom. The van der Waals surface area contributed by atoms with Gasteiger partial charge in [0, 0.05) is 0 Å². The van der Waals surface area contributed by atoms with E-state index in [0.29, 0.717) is 0 Å². The van der Waals surface area contributed by atoms with Gasteiger partial charge < -0.3 is 89.5 Å². The Bertz CT molecular complexity index is 302. The summed E-state index contributed by atoms with van der Waals surface area (Å²) in [6, 6.07) is -3.25. The molecule has 180 valence electrons. The summed E-state index contributed by atoms with van der Waals surface area (Å²) in [6.07, 6.45) is 2.69. The first-order valence-electron chi connectivity index (χ1n) is 4.77. The van der Waals surface area contributed by atoms with Crippen LogP contribution in [-0.4, -0.2) is 36.7 Å². The van der Waals surface area contributed by atoms with Gasteiger partial charge in [-0.2, -0.15) is 13.3 Å². The summed E-state index contributed by atoms with van der Waals surface area (Å²) >= 11 is 0. The smallest absolute Gasteiger partial charge is 0.187 e. The summed E-state index contributed by atoms with van der Waals surface area (Å²) in [6.45, 7) is 4.53. The number of nitrogens with one attached hydrogen (secondary N) is 3. The molecular formula is C11H30N10O6Rf5-10. The number of rotatable bonds is 1. The van der Waals surface area contributed by atoms with Crippen LogP contribution in [0.1, 0.15) is 13.3 Å². The molecule has 0 aliphatic heterocycles. The molecule has 8 amide bonds. The quantitative estimate of drug-likeness (QED) is 0.191. The third kappa shape index (κ3) is 199. The molecule has 17 N–H and O–H groups in total. The first kappa shape index (κ1) is 167. The third-order valence-electron chi connectivity index (χ3n) is 0.246. The minimum Gasteiger partial charge on any atom is -0.693 e. The molecule has 0 fully saturated rings. The van der Waals surface area contributed by atoms with Crippen LogP contribution in [0.5, 0.6) is 0 Å². The van der Waals surface area contributed by atoms with Gasteiger partial charge in [-0.1, -0.05) is 0 Å². The summed E-state index contributed by atoms with van der Waals surface area (Å²) in [7, 11) is 0. The molecule has 0 rings (SSSR count). The zero-order valence-electron chi connectivity index (χ0n) is 18.9. The van der Waals surface area contributed by atoms with Gasteiger partial charge in [-0.15, -0.1) is 6.42 Å². The molecule has 0 aliphatic rings. The van der Waals surface area contributed by atoms with Crippen molar-refractivity contribution in [1.29, 1.82) is 0 Å². The van der Waals surface area contributed by atoms with E-state index >= 15 is 0 Å². The SMILES string of the molecule is C[C-]=O.N[C-]=O.[CH2-]CC(N)=O.[CH3-].[CH3-].[NH-]C(N)=O.[NH-]C(N)=O.[NH-]C(N)=O.[NH2-].[NH2-].[Rf].[Rf].[Rf].[Rf].[Rf]. The van der Waals surface area contributed by atoms with Crippen LogP contribution in [0, 0.1) is 21.8 Å². The van der Waals surface area contributed by atoms with E-state index in [1.807, 2.05) is 0 Å². The largest absolute Gasteiger partial charge is 0.693 e. The van der Waals surface area contributed by atoms with Crippen molar-refractivity contribution in [3.63, 3.8) is 0 Å². The Morgan fingerprint density at radius 2 is 0.750 bits per heavy atom. The van der Waals surface area contributed by atoms with Crippen molar-refractivity contribution >= 4 is 36.7 Å². The number of carbonyl (C=O) groups excluding carboxylic acids is 6. The van der Waals surface area contributed by atoms with Gasteiger partial charge in [-0.25, -0.2) is 0 Å². The van der Waals surface area contributed by atoms with Gasteiger partial charge in [0.05, 0.1) is 0 Å². The third-order valence-corrected chi connectivity index (χ3v) is 0.246. The summed E-state index contributed by atoms with van der Waals surface area (Å²) in [5.74, 6) is -0.356. The fraction of sp³-hybridized carbons (Fsp3) is 0.182. The predicted octanol–water partition coefficient (Wildman–Crippen LogP) is 1.51. The van der Waals surface area contributed by atoms with Crippen LogP contribution in [0.15, 0.2) is 0 Å². The molecule has 0 aromatic heterocycles. The van der Waals surface area contributed by atoms with Crippen molar-refractivity contribution in [1.82, 2.24) is 0 Å². The zero-order chi connectivity index (χ0) is 20.4. The standard InChI is InChI=1S/C3H6NO.C2H3O.3CH4N2O.CH2NO.2CH3.2H2N.5Rf/c1-2-3(4)5;1-2-3;3*2-1(3)4;2-1-3;;;;;;;;;/h1-2H2,(H2,4,5);1H3;3*(H4,2,3,4);(H2,2,3);2*1H3;2*1H2;;;;;/q2*-1;;;;5*-1;;;;;/p-3. The summed E-state index contributed by atoms with van der Waals surface area (Å²) in [5, 5.41) is 0. The topological polar surface area (TPSA) is 371 Å². The molecule has 0 aliphatic carbocycles. The normalized spacial score (nSPS) is 4.19. The second-order valence-electron chi connectivity index (χ2n) is 2.13. The molecule has 21 heteroatoms. The van der Waals surface area contributed by atoms with E-state index in [9.17, 15) is 4.79 Å². The van der Waals surface area contributed by atoms with E-state index < -0.39 is 18.1 Å². The van der Waals surface area contributed by atoms with Gasteiger partial charge in [0.15, 0.2) is 5.91 Å². The number of carbonyl (C=O) groups is 4. The zero-order valence-corrected chi connectivity index (χ0v) is 50.9. The van der Waals surface area contributed by atoms with Crippen LogP contribution in [0.25, 0.3) is 29.5 Å². The monoisotopic (exact) mass is 1730 g/mol. The number of primary amides is 5. The fourth-order valence-electron chi connectivity index (χ4n) is 0. The Balaban J connectivity index is -0.00000000794. The van der Waals surface area contributed by atoms with E-state index in [2.05, 4.69) is 35.6 Å². The van der Waals surface area contributed by atoms with E-state index in [1.165, 1.54) is 13.2 Å². The molecule has 16 nitrogen and oxygen atoms in total. The Labute approximate surface area is 159 Å². The van der Waals surface area contributed by atoms with Crippen molar-refractivity contribution in [3.8, 4) is 0 Å². The number of urea groups is 3. The maximum atomic E-state index is 9.53. The molecule has 0 bridgehead atoms. The second kappa shape index (κ2) is 253. The van der Waals surface area contributed by atoms with Gasteiger partial charge in [-0.05, 0) is 0 Å². The van der Waals surface area contributed by atoms with Crippen molar-refractivity contribution in [2.45, 2.75) is 13.3 Å². The Hall–Kier alpha value is -8.66. The predicted molar refractivity (Wildman–Crippen MR) is 106 cm³/mol. The molecular weight excluding hydrogens is 1700 g/mol. The minimum absolute atomic E-state index is 0. The molecule has 0 aromatic rings. The second-order valence-corrected chi connectivity index (χ2v) is 2.13. The number of amides is 8. The van der Waals surface area contributed by atoms with Gasteiger partial charge >= 0.3 is 0 Å². The molecule has 0 unspecified atom stereocenters. The Morgan fingerprint density at radius 3 is 0.750 bits per heavy atom. The average Bonchev–Trinajstić information content (AvgIpc) is 2.28. The van der Waals surface area contributed by atoms with Crippen LogP contribution in [0.2, 0.25) is 0 Å². The summed E-state index contributed by atoms with van der Waals surface area (Å²) in [4.78, 5) is 53.3. The molecule has 0 saturated carbocycles. The number of nitrogens with two attached hydrogens (primary N) is 7. The van der Waals surface area contributed by atoms with Crippen molar-refractivity contribution < 1.29 is 28.8 Å². The molecule has 0 aromatic carbocycles. The molecule has 0 atom stereocenters. The molecule has 0 spiro atoms. The fourth-order valence-corrected chi connectivity index (χ4v) is 0. The van der Waals surface area contributed by atoms with E-state index in [4.69, 9.17) is 41.2 Å². The molecule has 32 heavy (non-hydrogen) atoms. The molecule has 0 saturated heterocycles. The Kier molecular flexibility index (Phi) is 1320. The number of hydrogen-bond acceptors (Lipinski definition) is 6. The van der Waals surface area contributed by atoms with Crippen LogP contribution >= 0.6 is 0 Å². The van der Waals surface area contributed by atoms with E-state index in [-0.39, 0.29) is 39.5 Å². The van der Waals surface area contributed by atoms with Crippen LogP contribution in [0.3, 0.4) is 0 Å². The van der Waals surface area contributed by atoms with Gasteiger partial charge in [0.1, 0.15) is 18.1 Å². The first-order chi connectivity index (χ1) is 10.3. The first-order valence-corrected chi connectivity index (χ1v) is 4.77. The van der Waals surface area contributed by atoms with E-state index in [0.717, 1.165) is 6.41 Å². The van der Waals surface area contributed by atoms with Gasteiger partial charge in [0.25, 0.3) is 0 Å². The number of hydrogen-bond donors (Lipinski definition) is 5. The molecule has 0 radical (unpaired) electrons. The minimum atomic E-state index is -1.08. The average molecular weight is 1730 g/mol. The van der Waals surface area contributed by atoms with Crippen LogP contribution in [-0.2, 0) is 14.4 Å².